The zero-order valence-electron chi connectivity index (χ0n) is 17.4. The average Bonchev–Trinajstić information content (AvgIpc) is 3.36. The van der Waals surface area contributed by atoms with Crippen molar-refractivity contribution in [2.75, 3.05) is 26.7 Å². The number of nitrogens with zero attached hydrogens (tertiary/aromatic N) is 1. The summed E-state index contributed by atoms with van der Waals surface area (Å²) >= 11 is 0. The number of carbonyl (C=O) groups is 1. The number of sulfonamides is 1. The number of aromatic amines is 1. The summed E-state index contributed by atoms with van der Waals surface area (Å²) in [5, 5.41) is 3.66. The third-order valence-corrected chi connectivity index (χ3v) is 7.20. The van der Waals surface area contributed by atoms with Crippen molar-refractivity contribution in [1.29, 1.82) is 0 Å². The summed E-state index contributed by atoms with van der Waals surface area (Å²) in [7, 11) is -2.16. The standard InChI is InChI=1S/C22H24F2N4O3S/c1-25-21-13-28(12-19(21)24)22(29)8-9-27-32(30,31)16-5-2-14(3-6-16)18-11-26-20-10-15(23)4-7-17(18)20/h2-7,10-11,19,21,25-27H,8-9,12-13H2,1H3/t19?,21-/m0/s1. The van der Waals surface area contributed by atoms with E-state index in [0.29, 0.717) is 5.52 Å². The molecule has 1 unspecified atom stereocenters. The molecule has 3 aromatic rings. The molecular weight excluding hydrogens is 438 g/mol. The van der Waals surface area contributed by atoms with Gasteiger partial charge < -0.3 is 15.2 Å². The molecule has 2 atom stereocenters. The van der Waals surface area contributed by atoms with E-state index in [4.69, 9.17) is 0 Å². The molecule has 32 heavy (non-hydrogen) atoms. The molecule has 2 aromatic carbocycles. The molecular formula is C22H24F2N4O3S. The fourth-order valence-electron chi connectivity index (χ4n) is 3.92. The van der Waals surface area contributed by atoms with E-state index < -0.39 is 22.2 Å². The van der Waals surface area contributed by atoms with Crippen LogP contribution in [0.1, 0.15) is 6.42 Å². The Morgan fingerprint density at radius 3 is 2.62 bits per heavy atom. The molecule has 3 N–H and O–H groups in total. The summed E-state index contributed by atoms with van der Waals surface area (Å²) in [6.45, 7) is 0.207. The molecule has 0 radical (unpaired) electrons. The SMILES string of the molecule is CN[C@H]1CN(C(=O)CCNS(=O)(=O)c2ccc(-c3c[nH]c4cc(F)ccc34)cc2)CC1F. The Labute approximate surface area is 184 Å². The lowest BCUT2D eigenvalue weighted by atomic mass is 10.1. The van der Waals surface area contributed by atoms with Crippen LogP contribution in [-0.2, 0) is 14.8 Å². The number of alkyl halides is 1. The van der Waals surface area contributed by atoms with Crippen molar-refractivity contribution >= 4 is 26.8 Å². The minimum Gasteiger partial charge on any atom is -0.360 e. The highest BCUT2D eigenvalue weighted by molar-refractivity contribution is 7.89. The number of halogens is 2. The molecule has 0 aliphatic carbocycles. The van der Waals surface area contributed by atoms with Crippen LogP contribution in [0, 0.1) is 5.82 Å². The van der Waals surface area contributed by atoms with Gasteiger partial charge in [-0.1, -0.05) is 12.1 Å². The lowest BCUT2D eigenvalue weighted by Crippen LogP contribution is -2.36. The highest BCUT2D eigenvalue weighted by Crippen LogP contribution is 2.29. The summed E-state index contributed by atoms with van der Waals surface area (Å²) in [5.74, 6) is -0.632. The van der Waals surface area contributed by atoms with Crippen molar-refractivity contribution in [3.05, 3.63) is 54.5 Å². The highest BCUT2D eigenvalue weighted by Gasteiger charge is 2.34. The number of benzene rings is 2. The first-order valence-corrected chi connectivity index (χ1v) is 11.7. The van der Waals surface area contributed by atoms with Crippen LogP contribution in [0.25, 0.3) is 22.0 Å². The van der Waals surface area contributed by atoms with Crippen LogP contribution in [0.2, 0.25) is 0 Å². The number of amides is 1. The van der Waals surface area contributed by atoms with Crippen molar-refractivity contribution < 1.29 is 22.0 Å². The smallest absolute Gasteiger partial charge is 0.240 e. The average molecular weight is 463 g/mol. The molecule has 0 saturated carbocycles. The van der Waals surface area contributed by atoms with Gasteiger partial charge in [0.25, 0.3) is 0 Å². The number of fused-ring (bicyclic) bond motifs is 1. The summed E-state index contributed by atoms with van der Waals surface area (Å²) in [5.41, 5.74) is 2.27. The van der Waals surface area contributed by atoms with E-state index in [2.05, 4.69) is 15.0 Å². The quantitative estimate of drug-likeness (QED) is 0.503. The maximum Gasteiger partial charge on any atom is 0.240 e. The minimum atomic E-state index is -3.80. The fraction of sp³-hybridized carbons (Fsp3) is 0.318. The van der Waals surface area contributed by atoms with Crippen molar-refractivity contribution in [2.45, 2.75) is 23.5 Å². The van der Waals surface area contributed by atoms with Crippen molar-refractivity contribution in [2.24, 2.45) is 0 Å². The monoisotopic (exact) mass is 462 g/mol. The molecule has 1 aliphatic rings. The Morgan fingerprint density at radius 2 is 1.94 bits per heavy atom. The van der Waals surface area contributed by atoms with E-state index >= 15 is 0 Å². The lowest BCUT2D eigenvalue weighted by Gasteiger charge is -2.16. The number of nitrogens with one attached hydrogen (secondary N) is 3. The first-order valence-electron chi connectivity index (χ1n) is 10.2. The van der Waals surface area contributed by atoms with Crippen LogP contribution >= 0.6 is 0 Å². The predicted octanol–water partition coefficient (Wildman–Crippen LogP) is 2.41. The molecule has 1 amide bonds. The third kappa shape index (κ3) is 4.52. The number of rotatable bonds is 7. The summed E-state index contributed by atoms with van der Waals surface area (Å²) in [4.78, 5) is 16.7. The summed E-state index contributed by atoms with van der Waals surface area (Å²) in [6, 6.07) is 10.4. The van der Waals surface area contributed by atoms with E-state index in [9.17, 15) is 22.0 Å². The van der Waals surface area contributed by atoms with Gasteiger partial charge >= 0.3 is 0 Å². The van der Waals surface area contributed by atoms with Crippen LogP contribution in [0.15, 0.2) is 53.6 Å². The topological polar surface area (TPSA) is 94.3 Å². The molecule has 1 aromatic heterocycles. The van der Waals surface area contributed by atoms with Gasteiger partial charge in [-0.3, -0.25) is 4.79 Å². The van der Waals surface area contributed by atoms with Crippen LogP contribution in [0.3, 0.4) is 0 Å². The molecule has 170 valence electrons. The predicted molar refractivity (Wildman–Crippen MR) is 118 cm³/mol. The minimum absolute atomic E-state index is 0.0129. The summed E-state index contributed by atoms with van der Waals surface area (Å²) < 4.78 is 54.8. The number of hydrogen-bond donors (Lipinski definition) is 3. The van der Waals surface area contributed by atoms with E-state index in [-0.39, 0.29) is 42.7 Å². The van der Waals surface area contributed by atoms with Gasteiger partial charge in [0.05, 0.1) is 17.5 Å². The van der Waals surface area contributed by atoms with Crippen LogP contribution in [-0.4, -0.2) is 63.1 Å². The highest BCUT2D eigenvalue weighted by atomic mass is 32.2. The second-order valence-electron chi connectivity index (χ2n) is 7.77. The Hall–Kier alpha value is -2.82. The molecule has 1 saturated heterocycles. The molecule has 1 fully saturated rings. The normalized spacial score (nSPS) is 19.0. The van der Waals surface area contributed by atoms with Gasteiger partial charge in [0.1, 0.15) is 12.0 Å². The molecule has 2 heterocycles. The van der Waals surface area contributed by atoms with Gasteiger partial charge in [0.2, 0.25) is 15.9 Å². The molecule has 4 rings (SSSR count). The van der Waals surface area contributed by atoms with Crippen LogP contribution in [0.5, 0.6) is 0 Å². The second-order valence-corrected chi connectivity index (χ2v) is 9.54. The second kappa shape index (κ2) is 8.97. The Morgan fingerprint density at radius 1 is 1.19 bits per heavy atom. The first-order chi connectivity index (χ1) is 15.3. The molecule has 1 aliphatic heterocycles. The van der Waals surface area contributed by atoms with E-state index in [0.717, 1.165) is 16.5 Å². The zero-order valence-corrected chi connectivity index (χ0v) is 18.3. The number of aromatic nitrogens is 1. The zero-order chi connectivity index (χ0) is 22.9. The van der Waals surface area contributed by atoms with Crippen molar-refractivity contribution in [3.8, 4) is 11.1 Å². The Kier molecular flexibility index (Phi) is 6.27. The number of carbonyl (C=O) groups excluding carboxylic acids is 1. The number of likely N-dealkylation sites (tertiary alicyclic amines) is 1. The maximum absolute atomic E-state index is 13.8. The lowest BCUT2D eigenvalue weighted by molar-refractivity contribution is -0.130. The molecule has 0 spiro atoms. The van der Waals surface area contributed by atoms with Crippen molar-refractivity contribution in [3.63, 3.8) is 0 Å². The van der Waals surface area contributed by atoms with Gasteiger partial charge in [0.15, 0.2) is 0 Å². The number of likely N-dealkylation sites (N-methyl/N-ethyl adjacent to an activating group) is 1. The van der Waals surface area contributed by atoms with E-state index in [1.54, 1.807) is 31.4 Å². The number of hydrogen-bond acceptors (Lipinski definition) is 4. The molecule has 7 nitrogen and oxygen atoms in total. The van der Waals surface area contributed by atoms with Gasteiger partial charge in [-0.25, -0.2) is 21.9 Å². The maximum atomic E-state index is 13.8. The largest absolute Gasteiger partial charge is 0.360 e. The van der Waals surface area contributed by atoms with Gasteiger partial charge in [-0.2, -0.15) is 0 Å². The Balaban J connectivity index is 1.38. The first kappa shape index (κ1) is 22.4. The Bertz CT molecular complexity index is 1230. The van der Waals surface area contributed by atoms with Crippen LogP contribution < -0.4 is 10.0 Å². The van der Waals surface area contributed by atoms with Gasteiger partial charge in [-0.05, 0) is 42.9 Å². The van der Waals surface area contributed by atoms with Crippen LogP contribution in [0.4, 0.5) is 8.78 Å². The molecule has 0 bridgehead atoms. The van der Waals surface area contributed by atoms with Gasteiger partial charge in [-0.15, -0.1) is 0 Å². The van der Waals surface area contributed by atoms with Crippen molar-refractivity contribution in [1.82, 2.24) is 19.9 Å². The fourth-order valence-corrected chi connectivity index (χ4v) is 4.96. The number of H-pyrrole nitrogens is 1. The molecule has 10 heteroatoms. The van der Waals surface area contributed by atoms with E-state index in [1.807, 2.05) is 0 Å². The van der Waals surface area contributed by atoms with Gasteiger partial charge in [0, 0.05) is 42.2 Å². The third-order valence-electron chi connectivity index (χ3n) is 5.72. The van der Waals surface area contributed by atoms with E-state index in [1.165, 1.54) is 29.2 Å². The summed E-state index contributed by atoms with van der Waals surface area (Å²) in [6.07, 6.45) is 0.568.